The van der Waals surface area contributed by atoms with Crippen LogP contribution in [0.4, 0.5) is 0 Å². The molecule has 0 radical (unpaired) electrons. The van der Waals surface area contributed by atoms with E-state index in [0.29, 0.717) is 6.42 Å². The van der Waals surface area contributed by atoms with Gasteiger partial charge in [0.1, 0.15) is 42.8 Å². The van der Waals surface area contributed by atoms with Crippen LogP contribution in [0.2, 0.25) is 0 Å². The molecular formula is C38H41NO8. The van der Waals surface area contributed by atoms with Crippen LogP contribution in [0.25, 0.3) is 0 Å². The third-order valence-corrected chi connectivity index (χ3v) is 7.93. The van der Waals surface area contributed by atoms with E-state index < -0.39 is 42.5 Å². The number of hydrogen-bond acceptors (Lipinski definition) is 8. The van der Waals surface area contributed by atoms with Gasteiger partial charge in [-0.1, -0.05) is 110 Å². The number of nitrogens with one attached hydrogen (secondary N) is 1. The van der Waals surface area contributed by atoms with Gasteiger partial charge in [0.25, 0.3) is 0 Å². The Balaban J connectivity index is 1.42. The smallest absolute Gasteiger partial charge is 0.220 e. The second-order valence-corrected chi connectivity index (χ2v) is 11.4. The quantitative estimate of drug-likeness (QED) is 0.156. The molecule has 1 fully saturated rings. The molecule has 2 unspecified atom stereocenters. The van der Waals surface area contributed by atoms with Crippen LogP contribution in [0.15, 0.2) is 115 Å². The molecule has 4 aromatic carbocycles. The second kappa shape index (κ2) is 17.0. The predicted molar refractivity (Wildman–Crippen MR) is 175 cm³/mol. The van der Waals surface area contributed by atoms with Crippen molar-refractivity contribution in [1.29, 1.82) is 0 Å². The maximum absolute atomic E-state index is 13.9. The van der Waals surface area contributed by atoms with Crippen LogP contribution in [-0.2, 0) is 38.8 Å². The Labute approximate surface area is 275 Å². The van der Waals surface area contributed by atoms with Crippen LogP contribution in [0.1, 0.15) is 46.8 Å². The number of para-hydroxylation sites is 1. The highest BCUT2D eigenvalue weighted by molar-refractivity contribution is 6.02. The zero-order chi connectivity index (χ0) is 33.0. The van der Waals surface area contributed by atoms with Gasteiger partial charge in [-0.3, -0.25) is 9.59 Å². The Kier molecular flexibility index (Phi) is 12.3. The van der Waals surface area contributed by atoms with E-state index in [1.165, 1.54) is 0 Å². The van der Waals surface area contributed by atoms with E-state index in [0.717, 1.165) is 16.7 Å². The number of Topliss-reactive ketones (excluding diaryl/α,β-unsaturated/α-hetero) is 1. The first-order valence-electron chi connectivity index (χ1n) is 15.9. The summed E-state index contributed by atoms with van der Waals surface area (Å²) in [6, 6.07) is 34.0. The van der Waals surface area contributed by atoms with Gasteiger partial charge in [0, 0.05) is 6.42 Å². The summed E-state index contributed by atoms with van der Waals surface area (Å²) in [6.07, 6.45) is -6.20. The molecule has 0 bridgehead atoms. The third kappa shape index (κ3) is 9.12. The van der Waals surface area contributed by atoms with Crippen molar-refractivity contribution in [3.05, 3.63) is 138 Å². The number of hydrogen-bond donors (Lipinski definition) is 3. The Bertz CT molecular complexity index is 1550. The van der Waals surface area contributed by atoms with Crippen molar-refractivity contribution in [2.45, 2.75) is 76.3 Å². The number of ether oxygens (including phenoxy) is 4. The average molecular weight is 640 g/mol. The van der Waals surface area contributed by atoms with Gasteiger partial charge < -0.3 is 34.5 Å². The summed E-state index contributed by atoms with van der Waals surface area (Å²) < 4.78 is 24.6. The summed E-state index contributed by atoms with van der Waals surface area (Å²) in [5, 5.41) is 26.2. The van der Waals surface area contributed by atoms with Crippen LogP contribution < -0.4 is 10.1 Å². The molecule has 5 rings (SSSR count). The van der Waals surface area contributed by atoms with Crippen molar-refractivity contribution in [3.8, 4) is 5.75 Å². The number of carbonyl (C=O) groups excluding carboxylic acids is 2. The zero-order valence-corrected chi connectivity index (χ0v) is 26.3. The summed E-state index contributed by atoms with van der Waals surface area (Å²) in [7, 11) is 0. The molecule has 246 valence electrons. The Morgan fingerprint density at radius 1 is 0.766 bits per heavy atom. The van der Waals surface area contributed by atoms with E-state index in [1.54, 1.807) is 24.3 Å². The Hall–Kier alpha value is -4.38. The SMILES string of the molecule is CCCC(=O)N[C@H]1C(OCc2ccccc2)O[C@H](C(O)C(=O)c2ccccc2OCc2ccccc2)[C@@H](O)[C@@H]1OCc1ccccc1. The fraction of sp³-hybridized carbons (Fsp3) is 0.316. The number of aliphatic hydroxyl groups excluding tert-OH is 2. The number of rotatable bonds is 15. The molecule has 0 saturated carbocycles. The standard InChI is InChI=1S/C38H41NO8/c1-2-14-31(40)39-32-36(45-24-27-17-8-4-9-18-27)35(43)37(47-38(32)46-25-28-19-10-5-11-20-28)34(42)33(41)29-21-12-13-22-30(29)44-23-26-15-6-3-7-16-26/h3-13,15-22,32,34-38,42-43H,2,14,23-25H2,1H3,(H,39,40)/t32-,34?,35+,36-,37-,38?/m1/s1. The highest BCUT2D eigenvalue weighted by atomic mass is 16.7. The van der Waals surface area contributed by atoms with Crippen molar-refractivity contribution in [3.63, 3.8) is 0 Å². The van der Waals surface area contributed by atoms with Crippen LogP contribution in [0.3, 0.4) is 0 Å². The highest BCUT2D eigenvalue weighted by Gasteiger charge is 2.51. The number of carbonyl (C=O) groups is 2. The first kappa shape index (κ1) is 34.0. The predicted octanol–water partition coefficient (Wildman–Crippen LogP) is 4.98. The summed E-state index contributed by atoms with van der Waals surface area (Å²) in [4.78, 5) is 26.8. The zero-order valence-electron chi connectivity index (χ0n) is 26.3. The lowest BCUT2D eigenvalue weighted by Gasteiger charge is -2.45. The van der Waals surface area contributed by atoms with Crippen molar-refractivity contribution >= 4 is 11.7 Å². The molecule has 0 spiro atoms. The monoisotopic (exact) mass is 639 g/mol. The van der Waals surface area contributed by atoms with Gasteiger partial charge >= 0.3 is 0 Å². The molecule has 1 aliphatic heterocycles. The van der Waals surface area contributed by atoms with Gasteiger partial charge in [-0.15, -0.1) is 0 Å². The van der Waals surface area contributed by atoms with Crippen molar-refractivity contribution in [1.82, 2.24) is 5.32 Å². The van der Waals surface area contributed by atoms with E-state index in [2.05, 4.69) is 5.32 Å². The van der Waals surface area contributed by atoms with Gasteiger partial charge in [-0.25, -0.2) is 0 Å². The molecule has 3 N–H and O–H groups in total. The van der Waals surface area contributed by atoms with Gasteiger partial charge in [-0.2, -0.15) is 0 Å². The number of aliphatic hydroxyl groups is 2. The minimum atomic E-state index is -1.82. The average Bonchev–Trinajstić information content (AvgIpc) is 3.11. The summed E-state index contributed by atoms with van der Waals surface area (Å²) in [5.41, 5.74) is 2.73. The van der Waals surface area contributed by atoms with Crippen molar-refractivity contribution in [2.75, 3.05) is 0 Å². The van der Waals surface area contributed by atoms with Gasteiger partial charge in [0.05, 0.1) is 18.8 Å². The maximum atomic E-state index is 13.9. The highest BCUT2D eigenvalue weighted by Crippen LogP contribution is 2.31. The third-order valence-electron chi connectivity index (χ3n) is 7.93. The first-order valence-corrected chi connectivity index (χ1v) is 15.9. The molecule has 1 heterocycles. The van der Waals surface area contributed by atoms with E-state index >= 15 is 0 Å². The number of benzene rings is 4. The number of amides is 1. The normalized spacial score (nSPS) is 21.5. The molecule has 0 aromatic heterocycles. The minimum absolute atomic E-state index is 0.0983. The summed E-state index contributed by atoms with van der Waals surface area (Å²) in [5.74, 6) is -0.687. The minimum Gasteiger partial charge on any atom is -0.488 e. The summed E-state index contributed by atoms with van der Waals surface area (Å²) >= 11 is 0. The topological polar surface area (TPSA) is 124 Å². The van der Waals surface area contributed by atoms with Crippen LogP contribution in [0.5, 0.6) is 5.75 Å². The van der Waals surface area contributed by atoms with E-state index in [-0.39, 0.29) is 43.5 Å². The number of ketones is 1. The van der Waals surface area contributed by atoms with Crippen molar-refractivity contribution in [2.24, 2.45) is 0 Å². The Morgan fingerprint density at radius 2 is 1.30 bits per heavy atom. The largest absolute Gasteiger partial charge is 0.488 e. The lowest BCUT2D eigenvalue weighted by Crippen LogP contribution is -2.67. The fourth-order valence-corrected chi connectivity index (χ4v) is 5.48. The molecule has 9 heteroatoms. The second-order valence-electron chi connectivity index (χ2n) is 11.4. The van der Waals surface area contributed by atoms with Crippen LogP contribution in [0, 0.1) is 0 Å². The van der Waals surface area contributed by atoms with Crippen molar-refractivity contribution < 1.29 is 38.7 Å². The van der Waals surface area contributed by atoms with Gasteiger partial charge in [0.15, 0.2) is 12.1 Å². The molecule has 1 aliphatic rings. The van der Waals surface area contributed by atoms with E-state index in [9.17, 15) is 19.8 Å². The Morgan fingerprint density at radius 3 is 1.89 bits per heavy atom. The fourth-order valence-electron chi connectivity index (χ4n) is 5.48. The van der Waals surface area contributed by atoms with Gasteiger partial charge in [0.2, 0.25) is 5.91 Å². The molecule has 9 nitrogen and oxygen atoms in total. The molecule has 1 amide bonds. The van der Waals surface area contributed by atoms with Gasteiger partial charge in [-0.05, 0) is 35.2 Å². The lowest BCUT2D eigenvalue weighted by atomic mass is 9.90. The van der Waals surface area contributed by atoms with Crippen LogP contribution in [-0.4, -0.2) is 58.7 Å². The maximum Gasteiger partial charge on any atom is 0.220 e. The molecule has 0 aliphatic carbocycles. The first-order chi connectivity index (χ1) is 22.9. The molecule has 6 atom stereocenters. The van der Waals surface area contributed by atoms with E-state index in [4.69, 9.17) is 18.9 Å². The van der Waals surface area contributed by atoms with E-state index in [1.807, 2.05) is 97.9 Å². The lowest BCUT2D eigenvalue weighted by molar-refractivity contribution is -0.287. The molecule has 1 saturated heterocycles. The summed E-state index contributed by atoms with van der Waals surface area (Å²) in [6.45, 7) is 2.31. The molecular weight excluding hydrogens is 598 g/mol. The van der Waals surface area contributed by atoms with Crippen LogP contribution >= 0.6 is 0 Å². The molecule has 4 aromatic rings. The molecule has 47 heavy (non-hydrogen) atoms.